The second-order valence-electron chi connectivity index (χ2n) is 13.4. The van der Waals surface area contributed by atoms with Gasteiger partial charge >= 0.3 is 6.98 Å². The zero-order valence-electron chi connectivity index (χ0n) is 27.6. The minimum absolute atomic E-state index is 0. The summed E-state index contributed by atoms with van der Waals surface area (Å²) in [6.45, 7) is 6.53. The van der Waals surface area contributed by atoms with E-state index in [1.54, 1.807) is 0 Å². The van der Waals surface area contributed by atoms with Crippen molar-refractivity contribution in [2.75, 3.05) is 9.62 Å². The molecule has 9 rings (SSSR count). The van der Waals surface area contributed by atoms with Gasteiger partial charge in [-0.15, -0.1) is 35.9 Å². The fraction of sp³-hybridized carbons (Fsp3) is 0.122. The van der Waals surface area contributed by atoms with Gasteiger partial charge in [0.1, 0.15) is 5.82 Å². The first-order valence-corrected chi connectivity index (χ1v) is 16.2. The van der Waals surface area contributed by atoms with E-state index >= 15 is 0 Å². The molecule has 4 heterocycles. The number of rotatable bonds is 4. The summed E-state index contributed by atoms with van der Waals surface area (Å²) in [5.41, 5.74) is 10.8. The summed E-state index contributed by atoms with van der Waals surface area (Å²) in [5, 5.41) is 0. The molecule has 2 aromatic heterocycles. The number of aromatic nitrogens is 3. The van der Waals surface area contributed by atoms with Gasteiger partial charge in [-0.1, -0.05) is 98.9 Å². The Morgan fingerprint density at radius 3 is 2.31 bits per heavy atom. The van der Waals surface area contributed by atoms with Crippen molar-refractivity contribution in [2.24, 2.45) is 7.05 Å². The molecule has 7 aromatic rings. The number of benzene rings is 5. The number of para-hydroxylation sites is 3. The summed E-state index contributed by atoms with van der Waals surface area (Å²) in [5.74, 6) is 2.12. The number of imidazole rings is 1. The van der Waals surface area contributed by atoms with Crippen LogP contribution in [0, 0.1) is 18.5 Å². The number of fused-ring (bicyclic) bond motifs is 9. The number of pyridine rings is 1. The minimum atomic E-state index is -0.148. The van der Waals surface area contributed by atoms with Crippen molar-refractivity contribution < 1.29 is 30.4 Å². The van der Waals surface area contributed by atoms with Crippen LogP contribution in [0.1, 0.15) is 26.3 Å². The molecule has 0 saturated heterocycles. The van der Waals surface area contributed by atoms with Crippen LogP contribution in [0.25, 0.3) is 27.8 Å². The molecule has 0 amide bonds. The first-order valence-electron chi connectivity index (χ1n) is 16.2. The number of hydrogen-bond acceptors (Lipinski definition) is 4. The summed E-state index contributed by atoms with van der Waals surface area (Å²) >= 11 is 0. The third-order valence-corrected chi connectivity index (χ3v) is 9.34. The zero-order valence-corrected chi connectivity index (χ0v) is 29.9. The second kappa shape index (κ2) is 11.8. The Kier molecular flexibility index (Phi) is 7.49. The van der Waals surface area contributed by atoms with Crippen molar-refractivity contribution in [2.45, 2.75) is 26.2 Å². The maximum absolute atomic E-state index is 6.64. The average Bonchev–Trinajstić information content (AvgIpc) is 3.64. The Balaban J connectivity index is 0.00000348. The molecule has 242 valence electrons. The predicted octanol–water partition coefficient (Wildman–Crippen LogP) is 8.00. The van der Waals surface area contributed by atoms with Gasteiger partial charge < -0.3 is 23.5 Å². The molecule has 49 heavy (non-hydrogen) atoms. The molecule has 0 N–H and O–H groups in total. The van der Waals surface area contributed by atoms with Gasteiger partial charge in [-0.05, 0) is 34.6 Å². The summed E-state index contributed by atoms with van der Waals surface area (Å²) in [6, 6.07) is 47.2. The van der Waals surface area contributed by atoms with Gasteiger partial charge in [0.05, 0.1) is 23.8 Å². The van der Waals surface area contributed by atoms with Crippen LogP contribution in [0.4, 0.5) is 22.9 Å². The summed E-state index contributed by atoms with van der Waals surface area (Å²) in [6.07, 6.45) is 5.28. The molecule has 0 aliphatic carbocycles. The second-order valence-corrected chi connectivity index (χ2v) is 13.4. The van der Waals surface area contributed by atoms with E-state index in [1.807, 2.05) is 58.8 Å². The first kappa shape index (κ1) is 31.2. The summed E-state index contributed by atoms with van der Waals surface area (Å²) in [4.78, 5) is 9.70. The van der Waals surface area contributed by atoms with Crippen LogP contribution < -0.4 is 24.4 Å². The van der Waals surface area contributed by atoms with Crippen LogP contribution in [0.15, 0.2) is 121 Å². The molecule has 0 unspecified atom stereocenters. The Bertz CT molecular complexity index is 2380. The number of hydrogen-bond donors (Lipinski definition) is 0. The Hall–Kier alpha value is -5.13. The molecule has 0 radical (unpaired) electrons. The van der Waals surface area contributed by atoms with Crippen LogP contribution in [0.3, 0.4) is 0 Å². The van der Waals surface area contributed by atoms with Crippen molar-refractivity contribution in [1.29, 1.82) is 0 Å². The van der Waals surface area contributed by atoms with E-state index in [0.29, 0.717) is 11.5 Å². The molecule has 0 bridgehead atoms. The van der Waals surface area contributed by atoms with E-state index < -0.39 is 0 Å². The van der Waals surface area contributed by atoms with Crippen molar-refractivity contribution in [3.05, 3.63) is 145 Å². The number of aryl methyl sites for hydroxylation is 1. The van der Waals surface area contributed by atoms with Gasteiger partial charge in [-0.3, -0.25) is 0 Å². The zero-order chi connectivity index (χ0) is 32.6. The smallest absolute Gasteiger partial charge is 0.420 e. The molecule has 6 nitrogen and oxygen atoms in total. The minimum Gasteiger partial charge on any atom is -0.510 e. The van der Waals surface area contributed by atoms with Gasteiger partial charge in [0.2, 0.25) is 6.33 Å². The van der Waals surface area contributed by atoms with Gasteiger partial charge in [0, 0.05) is 50.0 Å². The van der Waals surface area contributed by atoms with Crippen LogP contribution >= 0.6 is 0 Å². The number of ether oxygens (including phenoxy) is 1. The molecule has 0 spiro atoms. The van der Waals surface area contributed by atoms with Crippen LogP contribution in [0.2, 0.25) is 0 Å². The molecule has 5 aromatic carbocycles. The molecule has 8 heteroatoms. The van der Waals surface area contributed by atoms with E-state index in [0.717, 1.165) is 45.2 Å². The van der Waals surface area contributed by atoms with Crippen LogP contribution in [0.5, 0.6) is 11.5 Å². The topological polar surface area (TPSA) is 37.4 Å². The fourth-order valence-corrected chi connectivity index (χ4v) is 7.06. The quantitative estimate of drug-likeness (QED) is 0.103. The van der Waals surface area contributed by atoms with Crippen molar-refractivity contribution in [3.8, 4) is 28.3 Å². The summed E-state index contributed by atoms with van der Waals surface area (Å²) in [7, 11) is 2.00. The predicted molar refractivity (Wildman–Crippen MR) is 192 cm³/mol. The maximum Gasteiger partial charge on any atom is 0.420 e. The molecule has 0 atom stereocenters. The molecule has 0 fully saturated rings. The monoisotopic (exact) mass is 816 g/mol. The Morgan fingerprint density at radius 1 is 0.714 bits per heavy atom. The van der Waals surface area contributed by atoms with E-state index in [1.165, 1.54) is 16.6 Å². The van der Waals surface area contributed by atoms with Crippen LogP contribution in [-0.4, -0.2) is 16.5 Å². The van der Waals surface area contributed by atoms with Crippen molar-refractivity contribution in [3.63, 3.8) is 0 Å². The first-order chi connectivity index (χ1) is 23.3. The van der Waals surface area contributed by atoms with Crippen LogP contribution in [-0.2, 0) is 33.5 Å². The normalized spacial score (nSPS) is 13.0. The molecule has 2 aliphatic heterocycles. The largest absolute Gasteiger partial charge is 0.510 e. The van der Waals surface area contributed by atoms with E-state index in [2.05, 4.69) is 128 Å². The molecular formula is C41H32BN5OPt-2. The van der Waals surface area contributed by atoms with Crippen molar-refractivity contribution >= 4 is 46.4 Å². The van der Waals surface area contributed by atoms with E-state index in [9.17, 15) is 0 Å². The number of nitrogens with zero attached hydrogens (tertiary/aromatic N) is 5. The van der Waals surface area contributed by atoms with E-state index in [-0.39, 0.29) is 33.5 Å². The van der Waals surface area contributed by atoms with Gasteiger partial charge in [-0.25, -0.2) is 4.98 Å². The SMILES string of the molecule is C[n+]1[c-]n(-c2[c-]c(Oc3[c-]c(N4B5c6ccccc6-c6ccccc6N5c5cccnc54)cc(C(C)(C)C)c3)ccc2)c2ccccc21.[Pt]. The van der Waals surface area contributed by atoms with Crippen molar-refractivity contribution in [1.82, 2.24) is 9.55 Å². The fourth-order valence-electron chi connectivity index (χ4n) is 7.06. The molecular weight excluding hydrogens is 784 g/mol. The van der Waals surface area contributed by atoms with Gasteiger partial charge in [0.25, 0.3) is 0 Å². The maximum atomic E-state index is 6.64. The number of anilines is 4. The standard InChI is InChI=1S/C41H32BN5O.Pt/c1-41(2,3)28-23-30(26-32(24-28)48-31-14-11-13-29(25-31)45-27-44(4)37-19-9-10-20-38(37)45)46-40-39(21-12-22-43-40)47-36-18-8-6-16-34(36)33-15-5-7-17-35(33)42(46)47;/h5-24H,1-4H3;/q-2;. The molecule has 0 saturated carbocycles. The third-order valence-electron chi connectivity index (χ3n) is 9.34. The van der Waals surface area contributed by atoms with Gasteiger partial charge in [-0.2, -0.15) is 12.1 Å². The third kappa shape index (κ3) is 5.07. The average molecular weight is 817 g/mol. The molecule has 2 aliphatic rings. The van der Waals surface area contributed by atoms with E-state index in [4.69, 9.17) is 9.72 Å². The Morgan fingerprint density at radius 2 is 1.45 bits per heavy atom. The Labute approximate surface area is 301 Å². The van der Waals surface area contributed by atoms with Gasteiger partial charge in [0.15, 0.2) is 0 Å². The summed E-state index contributed by atoms with van der Waals surface area (Å²) < 4.78 is 10.7.